The third-order valence-electron chi connectivity index (χ3n) is 5.11. The molecule has 0 radical (unpaired) electrons. The number of benzene rings is 2. The molecule has 29 heavy (non-hydrogen) atoms. The molecule has 2 heterocycles. The minimum Gasteiger partial charge on any atom is -0.507 e. The maximum atomic E-state index is 13.4. The highest BCUT2D eigenvalue weighted by Crippen LogP contribution is 2.37. The summed E-state index contributed by atoms with van der Waals surface area (Å²) in [7, 11) is 3.82. The number of hydrogen-bond donors (Lipinski definition) is 1. The van der Waals surface area contributed by atoms with E-state index in [2.05, 4.69) is 0 Å². The van der Waals surface area contributed by atoms with Gasteiger partial charge in [0.2, 0.25) is 5.43 Å². The third kappa shape index (κ3) is 3.44. The summed E-state index contributed by atoms with van der Waals surface area (Å²) in [6.07, 6.45) is 1.46. The van der Waals surface area contributed by atoms with Gasteiger partial charge in [0.15, 0.2) is 11.5 Å². The van der Waals surface area contributed by atoms with Gasteiger partial charge in [-0.25, -0.2) is 0 Å². The average Bonchev–Trinajstić information content (AvgIpc) is 2.69. The van der Waals surface area contributed by atoms with Gasteiger partial charge in [0.05, 0.1) is 16.5 Å². The molecule has 6 nitrogen and oxygen atoms in total. The van der Waals surface area contributed by atoms with E-state index in [1.165, 1.54) is 6.26 Å². The lowest BCUT2D eigenvalue weighted by atomic mass is 9.94. The number of fused-ring (bicyclic) bond motifs is 2. The molecule has 6 heteroatoms. The number of rotatable bonds is 4. The average molecular weight is 395 g/mol. The molecule has 1 aromatic heterocycles. The standard InChI is InChI=1S/C23H25NO5/c1-13(2)15-10-16-22(26)18(12-29-23(16)17(21(15)25)11-24(3)4)14-5-6-19-20(9-14)28-8-7-27-19/h5-6,9-10,12-13,25H,7-8,11H2,1-4H3. The zero-order valence-corrected chi connectivity index (χ0v) is 17.1. The number of ether oxygens (including phenoxy) is 2. The highest BCUT2D eigenvalue weighted by atomic mass is 16.6. The van der Waals surface area contributed by atoms with Crippen molar-refractivity contribution in [1.82, 2.24) is 4.90 Å². The Labute approximate surface area is 169 Å². The van der Waals surface area contributed by atoms with E-state index in [9.17, 15) is 9.90 Å². The van der Waals surface area contributed by atoms with Gasteiger partial charge in [0.25, 0.3) is 0 Å². The quantitative estimate of drug-likeness (QED) is 0.716. The Kier molecular flexibility index (Phi) is 4.96. The molecule has 3 aromatic rings. The molecule has 4 rings (SSSR count). The first-order valence-corrected chi connectivity index (χ1v) is 9.71. The van der Waals surface area contributed by atoms with E-state index < -0.39 is 0 Å². The van der Waals surface area contributed by atoms with E-state index in [-0.39, 0.29) is 17.1 Å². The minimum atomic E-state index is -0.134. The second kappa shape index (κ2) is 7.44. The van der Waals surface area contributed by atoms with Crippen LogP contribution in [-0.2, 0) is 6.54 Å². The van der Waals surface area contributed by atoms with Crippen LogP contribution < -0.4 is 14.9 Å². The number of aromatic hydroxyl groups is 1. The summed E-state index contributed by atoms with van der Waals surface area (Å²) >= 11 is 0. The first-order chi connectivity index (χ1) is 13.9. The number of nitrogens with zero attached hydrogens (tertiary/aromatic N) is 1. The van der Waals surface area contributed by atoms with Crippen LogP contribution in [0.1, 0.15) is 30.9 Å². The highest BCUT2D eigenvalue weighted by molar-refractivity contribution is 5.87. The van der Waals surface area contributed by atoms with Crippen LogP contribution in [0.5, 0.6) is 17.2 Å². The van der Waals surface area contributed by atoms with Gasteiger partial charge in [0, 0.05) is 6.54 Å². The molecule has 1 N–H and O–H groups in total. The van der Waals surface area contributed by atoms with Crippen molar-refractivity contribution >= 4 is 11.0 Å². The van der Waals surface area contributed by atoms with Crippen molar-refractivity contribution < 1.29 is 19.0 Å². The zero-order valence-electron chi connectivity index (χ0n) is 17.1. The molecule has 0 spiro atoms. The van der Waals surface area contributed by atoms with Crippen LogP contribution in [-0.4, -0.2) is 37.3 Å². The maximum absolute atomic E-state index is 13.4. The summed E-state index contributed by atoms with van der Waals surface area (Å²) in [4.78, 5) is 15.3. The Morgan fingerprint density at radius 1 is 1.10 bits per heavy atom. The highest BCUT2D eigenvalue weighted by Gasteiger charge is 2.21. The molecule has 0 bridgehead atoms. The minimum absolute atomic E-state index is 0.0673. The number of phenols is 1. The van der Waals surface area contributed by atoms with Gasteiger partial charge >= 0.3 is 0 Å². The maximum Gasteiger partial charge on any atom is 0.200 e. The van der Waals surface area contributed by atoms with Crippen molar-refractivity contribution in [2.24, 2.45) is 0 Å². The Morgan fingerprint density at radius 3 is 2.52 bits per heavy atom. The number of phenolic OH excluding ortho intramolecular Hbond substituents is 1. The van der Waals surface area contributed by atoms with Crippen molar-refractivity contribution in [3.8, 4) is 28.4 Å². The van der Waals surface area contributed by atoms with E-state index >= 15 is 0 Å². The van der Waals surface area contributed by atoms with E-state index in [0.29, 0.717) is 58.9 Å². The fourth-order valence-corrected chi connectivity index (χ4v) is 3.67. The van der Waals surface area contributed by atoms with Gasteiger partial charge < -0.3 is 23.9 Å². The first-order valence-electron chi connectivity index (χ1n) is 9.71. The fourth-order valence-electron chi connectivity index (χ4n) is 3.67. The monoisotopic (exact) mass is 395 g/mol. The topological polar surface area (TPSA) is 72.1 Å². The van der Waals surface area contributed by atoms with Crippen LogP contribution in [0.2, 0.25) is 0 Å². The molecular formula is C23H25NO5. The van der Waals surface area contributed by atoms with Crippen LogP contribution in [0.25, 0.3) is 22.1 Å². The van der Waals surface area contributed by atoms with Crippen LogP contribution in [0, 0.1) is 0 Å². The molecule has 2 aromatic carbocycles. The molecule has 0 fully saturated rings. The van der Waals surface area contributed by atoms with Gasteiger partial charge in [-0.05, 0) is 49.3 Å². The summed E-state index contributed by atoms with van der Waals surface area (Å²) in [5.41, 5.74) is 2.81. The van der Waals surface area contributed by atoms with Crippen LogP contribution in [0.3, 0.4) is 0 Å². The largest absolute Gasteiger partial charge is 0.507 e. The van der Waals surface area contributed by atoms with Gasteiger partial charge in [-0.3, -0.25) is 4.79 Å². The first kappa shape index (κ1) is 19.3. The van der Waals surface area contributed by atoms with Crippen molar-refractivity contribution in [3.63, 3.8) is 0 Å². The van der Waals surface area contributed by atoms with Gasteiger partial charge in [-0.2, -0.15) is 0 Å². The molecule has 0 atom stereocenters. The Hall–Kier alpha value is -2.99. The molecule has 0 aliphatic carbocycles. The van der Waals surface area contributed by atoms with Crippen LogP contribution in [0.15, 0.2) is 39.7 Å². The number of hydrogen-bond acceptors (Lipinski definition) is 6. The van der Waals surface area contributed by atoms with Gasteiger partial charge in [-0.1, -0.05) is 19.9 Å². The van der Waals surface area contributed by atoms with Crippen molar-refractivity contribution in [2.45, 2.75) is 26.3 Å². The van der Waals surface area contributed by atoms with Crippen LogP contribution in [0.4, 0.5) is 0 Å². The molecule has 0 saturated carbocycles. The van der Waals surface area contributed by atoms with E-state index in [1.807, 2.05) is 38.9 Å². The van der Waals surface area contributed by atoms with E-state index in [1.54, 1.807) is 18.2 Å². The SMILES string of the molecule is CC(C)c1cc2c(=O)c(-c3ccc4c(c3)OCCO4)coc2c(CN(C)C)c1O. The summed E-state index contributed by atoms with van der Waals surface area (Å²) in [5, 5.41) is 11.3. The lowest BCUT2D eigenvalue weighted by Gasteiger charge is -2.19. The molecule has 152 valence electrons. The molecular weight excluding hydrogens is 370 g/mol. The Morgan fingerprint density at radius 2 is 1.83 bits per heavy atom. The predicted molar refractivity (Wildman–Crippen MR) is 112 cm³/mol. The summed E-state index contributed by atoms with van der Waals surface area (Å²) in [6.45, 7) is 5.45. The lowest BCUT2D eigenvalue weighted by Crippen LogP contribution is -2.15. The van der Waals surface area contributed by atoms with Crippen LogP contribution >= 0.6 is 0 Å². The van der Waals surface area contributed by atoms with E-state index in [4.69, 9.17) is 13.9 Å². The summed E-state index contributed by atoms with van der Waals surface area (Å²) < 4.78 is 17.1. The summed E-state index contributed by atoms with van der Waals surface area (Å²) in [6, 6.07) is 7.19. The second-order valence-corrected chi connectivity index (χ2v) is 7.90. The summed E-state index contributed by atoms with van der Waals surface area (Å²) in [5.74, 6) is 1.55. The Bertz CT molecular complexity index is 1130. The van der Waals surface area contributed by atoms with Gasteiger partial charge in [0.1, 0.15) is 30.8 Å². The van der Waals surface area contributed by atoms with Gasteiger partial charge in [-0.15, -0.1) is 0 Å². The fraction of sp³-hybridized carbons (Fsp3) is 0.348. The normalized spacial score (nSPS) is 13.4. The molecule has 1 aliphatic heterocycles. The van der Waals surface area contributed by atoms with Crippen molar-refractivity contribution in [2.75, 3.05) is 27.3 Å². The van der Waals surface area contributed by atoms with E-state index in [0.717, 1.165) is 5.56 Å². The van der Waals surface area contributed by atoms with Crippen molar-refractivity contribution in [1.29, 1.82) is 0 Å². The second-order valence-electron chi connectivity index (χ2n) is 7.90. The third-order valence-corrected chi connectivity index (χ3v) is 5.11. The molecule has 0 saturated heterocycles. The lowest BCUT2D eigenvalue weighted by molar-refractivity contribution is 0.171. The smallest absolute Gasteiger partial charge is 0.200 e. The Balaban J connectivity index is 1.94. The van der Waals surface area contributed by atoms with Crippen molar-refractivity contribution in [3.05, 3.63) is 51.9 Å². The molecule has 0 amide bonds. The zero-order chi connectivity index (χ0) is 20.7. The molecule has 0 unspecified atom stereocenters. The molecule has 1 aliphatic rings. The predicted octanol–water partition coefficient (Wildman–Crippen LogP) is 4.12.